The number of amides is 1. The summed E-state index contributed by atoms with van der Waals surface area (Å²) >= 11 is 1.43. The van der Waals surface area contributed by atoms with E-state index in [0.717, 1.165) is 40.5 Å². The number of aliphatic imine (C=N–C) groups is 1. The molecular weight excluding hydrogens is 356 g/mol. The molecule has 6 heteroatoms. The highest BCUT2D eigenvalue weighted by Crippen LogP contribution is 2.40. The van der Waals surface area contributed by atoms with Gasteiger partial charge in [0.25, 0.3) is 0 Å². The average molecular weight is 379 g/mol. The summed E-state index contributed by atoms with van der Waals surface area (Å²) in [6, 6.07) is 14.4. The van der Waals surface area contributed by atoms with Gasteiger partial charge in [0.1, 0.15) is 0 Å². The van der Waals surface area contributed by atoms with E-state index in [1.807, 2.05) is 48.5 Å². The van der Waals surface area contributed by atoms with Gasteiger partial charge in [-0.25, -0.2) is 10.0 Å². The van der Waals surface area contributed by atoms with Gasteiger partial charge in [-0.1, -0.05) is 55.1 Å². The van der Waals surface area contributed by atoms with Gasteiger partial charge in [-0.05, 0) is 30.5 Å². The van der Waals surface area contributed by atoms with Crippen molar-refractivity contribution in [2.45, 2.75) is 32.7 Å². The van der Waals surface area contributed by atoms with Gasteiger partial charge in [0.2, 0.25) is 5.91 Å². The molecule has 0 radical (unpaired) electrons. The Morgan fingerprint density at radius 1 is 1.26 bits per heavy atom. The number of carbonyl (C=O) groups excluding carboxylic acids is 1. The minimum atomic E-state index is -0.0229. The number of amidine groups is 1. The van der Waals surface area contributed by atoms with Crippen molar-refractivity contribution in [3.63, 3.8) is 0 Å². The number of thioether (sulfide) groups is 1. The molecule has 0 bridgehead atoms. The Morgan fingerprint density at radius 3 is 2.96 bits per heavy atom. The number of rotatable bonds is 4. The van der Waals surface area contributed by atoms with E-state index < -0.39 is 0 Å². The van der Waals surface area contributed by atoms with Crippen LogP contribution in [0.15, 0.2) is 52.6 Å². The molecular formula is C21H22N4OS. The number of hydrogen-bond acceptors (Lipinski definition) is 5. The van der Waals surface area contributed by atoms with Crippen molar-refractivity contribution in [2.24, 2.45) is 10.1 Å². The SMILES string of the molecule is CCc1cccc(C)c1NC(=O)CSC1=Nc2ccccc2[C@H]2CC=NN12. The topological polar surface area (TPSA) is 57.1 Å². The van der Waals surface area contributed by atoms with E-state index in [2.05, 4.69) is 29.5 Å². The number of carbonyl (C=O) groups is 1. The average Bonchev–Trinajstić information content (AvgIpc) is 3.18. The monoisotopic (exact) mass is 378 g/mol. The lowest BCUT2D eigenvalue weighted by atomic mass is 10.0. The molecule has 2 aromatic rings. The number of benzene rings is 2. The molecule has 0 aliphatic carbocycles. The zero-order valence-corrected chi connectivity index (χ0v) is 16.3. The number of nitrogens with zero attached hydrogens (tertiary/aromatic N) is 3. The van der Waals surface area contributed by atoms with Gasteiger partial charge in [0.15, 0.2) is 5.17 Å². The summed E-state index contributed by atoms with van der Waals surface area (Å²) in [6.07, 6.45) is 3.67. The largest absolute Gasteiger partial charge is 0.325 e. The summed E-state index contributed by atoms with van der Waals surface area (Å²) in [5.41, 5.74) is 5.33. The maximum atomic E-state index is 12.6. The highest BCUT2D eigenvalue weighted by atomic mass is 32.2. The van der Waals surface area contributed by atoms with E-state index in [9.17, 15) is 4.79 Å². The molecule has 0 fully saturated rings. The first-order valence-corrected chi connectivity index (χ1v) is 10.2. The quantitative estimate of drug-likeness (QED) is 0.842. The number of aryl methyl sites for hydroxylation is 2. The van der Waals surface area contributed by atoms with Crippen molar-refractivity contribution in [3.05, 3.63) is 59.2 Å². The molecule has 0 spiro atoms. The molecule has 1 N–H and O–H groups in total. The Morgan fingerprint density at radius 2 is 2.11 bits per heavy atom. The molecule has 0 aromatic heterocycles. The molecule has 0 saturated heterocycles. The van der Waals surface area contributed by atoms with Crippen LogP contribution in [0.5, 0.6) is 0 Å². The summed E-state index contributed by atoms with van der Waals surface area (Å²) in [6.45, 7) is 4.12. The van der Waals surface area contributed by atoms with E-state index in [0.29, 0.717) is 5.75 Å². The number of hydrogen-bond donors (Lipinski definition) is 1. The first-order chi connectivity index (χ1) is 13.2. The molecule has 2 heterocycles. The summed E-state index contributed by atoms with van der Waals surface area (Å²) < 4.78 is 0. The molecule has 0 saturated carbocycles. The first-order valence-electron chi connectivity index (χ1n) is 9.17. The third kappa shape index (κ3) is 3.49. The van der Waals surface area contributed by atoms with Crippen LogP contribution in [-0.4, -0.2) is 28.1 Å². The Balaban J connectivity index is 1.48. The van der Waals surface area contributed by atoms with Gasteiger partial charge in [0.05, 0.1) is 17.5 Å². The lowest BCUT2D eigenvalue weighted by Gasteiger charge is -2.29. The smallest absolute Gasteiger partial charge is 0.234 e. The zero-order chi connectivity index (χ0) is 18.8. The molecule has 27 heavy (non-hydrogen) atoms. The predicted octanol–water partition coefficient (Wildman–Crippen LogP) is 4.66. The number of nitrogens with one attached hydrogen (secondary N) is 1. The molecule has 138 valence electrons. The van der Waals surface area contributed by atoms with E-state index in [4.69, 9.17) is 4.99 Å². The van der Waals surface area contributed by atoms with Crippen molar-refractivity contribution in [2.75, 3.05) is 11.1 Å². The standard InChI is InChI=1S/C21H22N4OS/c1-3-15-8-6-7-14(2)20(15)24-19(26)13-27-21-23-17-10-5-4-9-16(17)18-11-12-22-25(18)21/h4-10,12,18H,3,11,13H2,1-2H3,(H,24,26)/t18-/m1/s1. The van der Waals surface area contributed by atoms with Crippen LogP contribution in [0, 0.1) is 6.92 Å². The number of hydrazone groups is 1. The van der Waals surface area contributed by atoms with Gasteiger partial charge in [-0.3, -0.25) is 4.79 Å². The van der Waals surface area contributed by atoms with Gasteiger partial charge < -0.3 is 5.32 Å². The number of fused-ring (bicyclic) bond motifs is 3. The van der Waals surface area contributed by atoms with Crippen LogP contribution in [0.1, 0.15) is 36.1 Å². The molecule has 2 aromatic carbocycles. The van der Waals surface area contributed by atoms with Crippen molar-refractivity contribution < 1.29 is 4.79 Å². The molecule has 4 rings (SSSR count). The van der Waals surface area contributed by atoms with E-state index in [1.54, 1.807) is 0 Å². The van der Waals surface area contributed by atoms with Gasteiger partial charge in [-0.15, -0.1) is 0 Å². The Bertz CT molecular complexity index is 938. The van der Waals surface area contributed by atoms with Crippen LogP contribution in [0.25, 0.3) is 0 Å². The molecule has 5 nitrogen and oxygen atoms in total. The number of para-hydroxylation sites is 2. The van der Waals surface area contributed by atoms with E-state index in [-0.39, 0.29) is 11.9 Å². The first kappa shape index (κ1) is 17.8. The van der Waals surface area contributed by atoms with Gasteiger partial charge >= 0.3 is 0 Å². The van der Waals surface area contributed by atoms with Crippen LogP contribution in [0.4, 0.5) is 11.4 Å². The summed E-state index contributed by atoms with van der Waals surface area (Å²) in [7, 11) is 0. The van der Waals surface area contributed by atoms with Crippen LogP contribution >= 0.6 is 11.8 Å². The van der Waals surface area contributed by atoms with Gasteiger partial charge in [-0.2, -0.15) is 5.10 Å². The van der Waals surface area contributed by atoms with Crippen molar-refractivity contribution in [3.8, 4) is 0 Å². The summed E-state index contributed by atoms with van der Waals surface area (Å²) in [5.74, 6) is 0.280. The second-order valence-corrected chi connectivity index (χ2v) is 7.59. The zero-order valence-electron chi connectivity index (χ0n) is 15.5. The van der Waals surface area contributed by atoms with Crippen LogP contribution < -0.4 is 5.32 Å². The fourth-order valence-electron chi connectivity index (χ4n) is 3.49. The van der Waals surface area contributed by atoms with Crippen LogP contribution in [0.3, 0.4) is 0 Å². The van der Waals surface area contributed by atoms with E-state index >= 15 is 0 Å². The summed E-state index contributed by atoms with van der Waals surface area (Å²) in [4.78, 5) is 17.3. The molecule has 2 aliphatic heterocycles. The molecule has 1 amide bonds. The van der Waals surface area contributed by atoms with Crippen LogP contribution in [0.2, 0.25) is 0 Å². The predicted molar refractivity (Wildman–Crippen MR) is 113 cm³/mol. The fourth-order valence-corrected chi connectivity index (χ4v) is 4.29. The molecule has 1 atom stereocenters. The Kier molecular flexibility index (Phi) is 4.99. The summed E-state index contributed by atoms with van der Waals surface area (Å²) in [5, 5.41) is 10.3. The highest BCUT2D eigenvalue weighted by Gasteiger charge is 2.32. The highest BCUT2D eigenvalue weighted by molar-refractivity contribution is 8.14. The minimum Gasteiger partial charge on any atom is -0.325 e. The Labute approximate surface area is 163 Å². The van der Waals surface area contributed by atoms with Crippen LogP contribution in [-0.2, 0) is 11.2 Å². The lowest BCUT2D eigenvalue weighted by Crippen LogP contribution is -2.29. The van der Waals surface area contributed by atoms with Crippen molar-refractivity contribution in [1.82, 2.24) is 5.01 Å². The van der Waals surface area contributed by atoms with Crippen molar-refractivity contribution >= 4 is 40.4 Å². The third-order valence-corrected chi connectivity index (χ3v) is 5.82. The second kappa shape index (κ2) is 7.56. The lowest BCUT2D eigenvalue weighted by molar-refractivity contribution is -0.113. The Hall–Kier alpha value is -2.60. The number of anilines is 1. The fraction of sp³-hybridized carbons (Fsp3) is 0.286. The molecule has 0 unspecified atom stereocenters. The normalized spacial score (nSPS) is 17.3. The van der Waals surface area contributed by atoms with E-state index in [1.165, 1.54) is 17.3 Å². The van der Waals surface area contributed by atoms with Gasteiger partial charge in [0, 0.05) is 23.9 Å². The third-order valence-electron chi connectivity index (χ3n) is 4.87. The second-order valence-electron chi connectivity index (χ2n) is 6.65. The maximum absolute atomic E-state index is 12.6. The minimum absolute atomic E-state index is 0.0229. The van der Waals surface area contributed by atoms with Crippen molar-refractivity contribution in [1.29, 1.82) is 0 Å². The molecule has 2 aliphatic rings. The maximum Gasteiger partial charge on any atom is 0.234 e.